The molecule has 0 saturated heterocycles. The lowest BCUT2D eigenvalue weighted by Gasteiger charge is -2.14. The zero-order chi connectivity index (χ0) is 14.3. The highest BCUT2D eigenvalue weighted by molar-refractivity contribution is 5.06. The Labute approximate surface area is 117 Å². The van der Waals surface area contributed by atoms with Gasteiger partial charge in [-0.3, -0.25) is 0 Å². The Balaban J connectivity index is 2.26. The third-order valence-corrected chi connectivity index (χ3v) is 2.88. The summed E-state index contributed by atoms with van der Waals surface area (Å²) in [6, 6.07) is 4.04. The highest BCUT2D eigenvalue weighted by Crippen LogP contribution is 2.13. The molecular weight excluding hydrogens is 238 g/mol. The van der Waals surface area contributed by atoms with Crippen molar-refractivity contribution in [1.82, 2.24) is 5.32 Å². The van der Waals surface area contributed by atoms with E-state index in [-0.39, 0.29) is 6.10 Å². The lowest BCUT2D eigenvalue weighted by molar-refractivity contribution is 0.0298. The van der Waals surface area contributed by atoms with E-state index in [4.69, 9.17) is 9.15 Å². The zero-order valence-electron chi connectivity index (χ0n) is 13.0. The van der Waals surface area contributed by atoms with E-state index < -0.39 is 0 Å². The van der Waals surface area contributed by atoms with E-state index in [0.717, 1.165) is 31.0 Å². The molecular formula is C16H29NO2. The zero-order valence-corrected chi connectivity index (χ0v) is 13.0. The number of nitrogens with one attached hydrogen (secondary N) is 1. The van der Waals surface area contributed by atoms with Crippen LogP contribution in [-0.2, 0) is 17.9 Å². The van der Waals surface area contributed by atoms with Gasteiger partial charge in [-0.25, -0.2) is 0 Å². The molecule has 1 unspecified atom stereocenters. The van der Waals surface area contributed by atoms with Crippen LogP contribution in [0.1, 0.15) is 52.6 Å². The molecule has 110 valence electrons. The maximum absolute atomic E-state index is 5.78. The lowest BCUT2D eigenvalue weighted by Crippen LogP contribution is -2.18. The van der Waals surface area contributed by atoms with Gasteiger partial charge in [0.25, 0.3) is 0 Å². The number of ether oxygens (including phenoxy) is 1. The van der Waals surface area contributed by atoms with Gasteiger partial charge >= 0.3 is 0 Å². The summed E-state index contributed by atoms with van der Waals surface area (Å²) in [4.78, 5) is 0. The van der Waals surface area contributed by atoms with E-state index in [1.165, 1.54) is 0 Å². The molecule has 0 fully saturated rings. The second kappa shape index (κ2) is 8.39. The van der Waals surface area contributed by atoms with E-state index in [0.29, 0.717) is 18.4 Å². The first-order valence-electron chi connectivity index (χ1n) is 7.37. The normalized spacial score (nSPS) is 13.4. The third-order valence-electron chi connectivity index (χ3n) is 2.88. The van der Waals surface area contributed by atoms with Crippen molar-refractivity contribution in [2.45, 2.75) is 60.3 Å². The Morgan fingerprint density at radius 3 is 2.37 bits per heavy atom. The molecule has 0 bridgehead atoms. The number of rotatable bonds is 9. The largest absolute Gasteiger partial charge is 0.462 e. The summed E-state index contributed by atoms with van der Waals surface area (Å²) in [5, 5.41) is 3.37. The maximum Gasteiger partial charge on any atom is 0.129 e. The van der Waals surface area contributed by atoms with E-state index in [1.807, 2.05) is 12.1 Å². The highest BCUT2D eigenvalue weighted by Gasteiger charge is 2.08. The Bertz CT molecular complexity index is 344. The molecule has 0 radical (unpaired) electrons. The van der Waals surface area contributed by atoms with Gasteiger partial charge in [0.15, 0.2) is 0 Å². The van der Waals surface area contributed by atoms with Crippen molar-refractivity contribution < 1.29 is 9.15 Å². The third kappa shape index (κ3) is 7.38. The first-order chi connectivity index (χ1) is 8.97. The molecule has 1 rings (SSSR count). The maximum atomic E-state index is 5.78. The second-order valence-corrected chi connectivity index (χ2v) is 6.14. The van der Waals surface area contributed by atoms with Crippen molar-refractivity contribution in [3.8, 4) is 0 Å². The van der Waals surface area contributed by atoms with Gasteiger partial charge in [-0.1, -0.05) is 27.7 Å². The van der Waals surface area contributed by atoms with Gasteiger partial charge in [0.2, 0.25) is 0 Å². The molecule has 1 heterocycles. The van der Waals surface area contributed by atoms with Crippen molar-refractivity contribution in [1.29, 1.82) is 0 Å². The van der Waals surface area contributed by atoms with Crippen LogP contribution in [0.15, 0.2) is 16.5 Å². The van der Waals surface area contributed by atoms with Crippen molar-refractivity contribution in [2.75, 3.05) is 6.54 Å². The molecule has 0 amide bonds. The summed E-state index contributed by atoms with van der Waals surface area (Å²) >= 11 is 0. The molecule has 19 heavy (non-hydrogen) atoms. The van der Waals surface area contributed by atoms with Crippen LogP contribution >= 0.6 is 0 Å². The van der Waals surface area contributed by atoms with E-state index >= 15 is 0 Å². The lowest BCUT2D eigenvalue weighted by atomic mass is 10.1. The number of hydrogen-bond acceptors (Lipinski definition) is 3. The van der Waals surface area contributed by atoms with Gasteiger partial charge in [-0.2, -0.15) is 0 Å². The van der Waals surface area contributed by atoms with Crippen LogP contribution in [0.3, 0.4) is 0 Å². The molecule has 0 aliphatic carbocycles. The minimum absolute atomic E-state index is 0.285. The summed E-state index contributed by atoms with van der Waals surface area (Å²) < 4.78 is 11.5. The first-order valence-corrected chi connectivity index (χ1v) is 7.37. The fourth-order valence-corrected chi connectivity index (χ4v) is 2.04. The topological polar surface area (TPSA) is 34.4 Å². The summed E-state index contributed by atoms with van der Waals surface area (Å²) in [6.45, 7) is 13.3. The molecule has 0 aromatic carbocycles. The molecule has 1 aromatic rings. The van der Waals surface area contributed by atoms with Crippen LogP contribution < -0.4 is 5.32 Å². The van der Waals surface area contributed by atoms with Crippen molar-refractivity contribution in [3.63, 3.8) is 0 Å². The highest BCUT2D eigenvalue weighted by atomic mass is 16.5. The molecule has 3 nitrogen and oxygen atoms in total. The predicted molar refractivity (Wildman–Crippen MR) is 79.0 cm³/mol. The molecule has 0 saturated carbocycles. The quantitative estimate of drug-likeness (QED) is 0.735. The minimum atomic E-state index is 0.285. The van der Waals surface area contributed by atoms with Crippen LogP contribution in [0, 0.1) is 11.8 Å². The molecule has 0 aliphatic heterocycles. The standard InChI is InChI=1S/C16H29NO2/c1-12(2)8-14(5)18-11-16-7-6-15(19-16)10-17-9-13(3)4/h6-7,12-14,17H,8-11H2,1-5H3. The Morgan fingerprint density at radius 1 is 1.05 bits per heavy atom. The SMILES string of the molecule is CC(C)CNCc1ccc(COC(C)CC(C)C)o1. The molecule has 1 N–H and O–H groups in total. The van der Waals surface area contributed by atoms with Crippen molar-refractivity contribution in [3.05, 3.63) is 23.7 Å². The van der Waals surface area contributed by atoms with Crippen LogP contribution in [0.4, 0.5) is 0 Å². The average Bonchev–Trinajstić information content (AvgIpc) is 2.73. The fraction of sp³-hybridized carbons (Fsp3) is 0.750. The second-order valence-electron chi connectivity index (χ2n) is 6.14. The Morgan fingerprint density at radius 2 is 1.74 bits per heavy atom. The van der Waals surface area contributed by atoms with Gasteiger partial charge in [0.05, 0.1) is 12.6 Å². The van der Waals surface area contributed by atoms with Crippen LogP contribution in [0.2, 0.25) is 0 Å². The van der Waals surface area contributed by atoms with Gasteiger partial charge in [0.1, 0.15) is 18.1 Å². The summed E-state index contributed by atoms with van der Waals surface area (Å²) in [5.74, 6) is 3.23. The predicted octanol–water partition coefficient (Wildman–Crippen LogP) is 3.98. The summed E-state index contributed by atoms with van der Waals surface area (Å²) in [7, 11) is 0. The molecule has 3 heteroatoms. The van der Waals surface area contributed by atoms with E-state index in [9.17, 15) is 0 Å². The molecule has 1 atom stereocenters. The average molecular weight is 267 g/mol. The molecule has 1 aromatic heterocycles. The van der Waals surface area contributed by atoms with Gasteiger partial charge in [-0.15, -0.1) is 0 Å². The minimum Gasteiger partial charge on any atom is -0.462 e. The van der Waals surface area contributed by atoms with Crippen molar-refractivity contribution >= 4 is 0 Å². The molecule has 0 aliphatic rings. The van der Waals surface area contributed by atoms with Crippen molar-refractivity contribution in [2.24, 2.45) is 11.8 Å². The fourth-order valence-electron chi connectivity index (χ4n) is 2.04. The number of hydrogen-bond donors (Lipinski definition) is 1. The van der Waals surface area contributed by atoms with Crippen LogP contribution in [0.25, 0.3) is 0 Å². The summed E-state index contributed by atoms with van der Waals surface area (Å²) in [5.41, 5.74) is 0. The van der Waals surface area contributed by atoms with E-state index in [2.05, 4.69) is 39.9 Å². The van der Waals surface area contributed by atoms with E-state index in [1.54, 1.807) is 0 Å². The van der Waals surface area contributed by atoms with Gasteiger partial charge in [0, 0.05) is 0 Å². The monoisotopic (exact) mass is 267 g/mol. The Hall–Kier alpha value is -0.800. The number of furan rings is 1. The Kier molecular flexibility index (Phi) is 7.17. The first kappa shape index (κ1) is 16.3. The summed E-state index contributed by atoms with van der Waals surface area (Å²) in [6.07, 6.45) is 1.37. The van der Waals surface area contributed by atoms with Gasteiger partial charge in [-0.05, 0) is 43.9 Å². The molecule has 0 spiro atoms. The van der Waals surface area contributed by atoms with Crippen LogP contribution in [0.5, 0.6) is 0 Å². The van der Waals surface area contributed by atoms with Crippen LogP contribution in [-0.4, -0.2) is 12.6 Å². The van der Waals surface area contributed by atoms with Gasteiger partial charge < -0.3 is 14.5 Å². The smallest absolute Gasteiger partial charge is 0.129 e.